The molecule has 5 heteroatoms. The van der Waals surface area contributed by atoms with E-state index in [4.69, 9.17) is 4.74 Å². The summed E-state index contributed by atoms with van der Waals surface area (Å²) in [6.45, 7) is 4.77. The number of aliphatic carboxylic acids is 1. The predicted molar refractivity (Wildman–Crippen MR) is 81.1 cm³/mol. The average Bonchev–Trinajstić information content (AvgIpc) is 2.86. The van der Waals surface area contributed by atoms with Gasteiger partial charge in [0.25, 0.3) is 0 Å². The SMILES string of the molecule is CCC1(C(=O)O)CCN(CCOc2ccc(Br)cc2)C1. The van der Waals surface area contributed by atoms with E-state index < -0.39 is 11.4 Å². The highest BCUT2D eigenvalue weighted by Crippen LogP contribution is 2.33. The molecule has 1 aliphatic heterocycles. The molecule has 20 heavy (non-hydrogen) atoms. The van der Waals surface area contributed by atoms with Gasteiger partial charge in [-0.05, 0) is 43.7 Å². The first-order valence-corrected chi connectivity index (χ1v) is 7.69. The van der Waals surface area contributed by atoms with Gasteiger partial charge in [-0.15, -0.1) is 0 Å². The van der Waals surface area contributed by atoms with Crippen LogP contribution in [0.25, 0.3) is 0 Å². The predicted octanol–water partition coefficient (Wildman–Crippen LogP) is 3.01. The van der Waals surface area contributed by atoms with Gasteiger partial charge in [-0.2, -0.15) is 0 Å². The van der Waals surface area contributed by atoms with Crippen molar-refractivity contribution >= 4 is 21.9 Å². The van der Waals surface area contributed by atoms with Crippen molar-refractivity contribution in [3.63, 3.8) is 0 Å². The molecule has 2 rings (SSSR count). The highest BCUT2D eigenvalue weighted by Gasteiger charge is 2.42. The molecule has 1 N–H and O–H groups in total. The smallest absolute Gasteiger partial charge is 0.310 e. The average molecular weight is 342 g/mol. The number of hydrogen-bond acceptors (Lipinski definition) is 3. The van der Waals surface area contributed by atoms with Crippen molar-refractivity contribution in [1.82, 2.24) is 4.90 Å². The van der Waals surface area contributed by atoms with Crippen molar-refractivity contribution in [1.29, 1.82) is 0 Å². The Balaban J connectivity index is 1.78. The van der Waals surface area contributed by atoms with Crippen molar-refractivity contribution in [2.75, 3.05) is 26.2 Å². The van der Waals surface area contributed by atoms with Gasteiger partial charge in [-0.25, -0.2) is 0 Å². The molecular weight excluding hydrogens is 322 g/mol. The number of carboxylic acids is 1. The van der Waals surface area contributed by atoms with E-state index >= 15 is 0 Å². The molecule has 0 radical (unpaired) electrons. The molecule has 1 saturated heterocycles. The van der Waals surface area contributed by atoms with E-state index in [0.29, 0.717) is 19.6 Å². The molecule has 0 bridgehead atoms. The molecule has 0 spiro atoms. The normalized spacial score (nSPS) is 22.9. The van der Waals surface area contributed by atoms with Gasteiger partial charge >= 0.3 is 5.97 Å². The quantitative estimate of drug-likeness (QED) is 0.863. The number of ether oxygens (including phenoxy) is 1. The first-order chi connectivity index (χ1) is 9.55. The van der Waals surface area contributed by atoms with Crippen LogP contribution in [0.15, 0.2) is 28.7 Å². The monoisotopic (exact) mass is 341 g/mol. The first-order valence-electron chi connectivity index (χ1n) is 6.90. The molecule has 0 saturated carbocycles. The van der Waals surface area contributed by atoms with E-state index in [1.165, 1.54) is 0 Å². The molecule has 110 valence electrons. The van der Waals surface area contributed by atoms with Gasteiger partial charge in [-0.3, -0.25) is 9.69 Å². The highest BCUT2D eigenvalue weighted by molar-refractivity contribution is 9.10. The maximum absolute atomic E-state index is 11.4. The molecule has 1 fully saturated rings. The zero-order valence-corrected chi connectivity index (χ0v) is 13.2. The lowest BCUT2D eigenvalue weighted by Gasteiger charge is -2.23. The molecule has 1 aliphatic rings. The number of carboxylic acid groups (broad SMARTS) is 1. The van der Waals surface area contributed by atoms with E-state index in [-0.39, 0.29) is 0 Å². The number of hydrogen-bond donors (Lipinski definition) is 1. The Hall–Kier alpha value is -1.07. The van der Waals surface area contributed by atoms with Crippen molar-refractivity contribution in [2.45, 2.75) is 19.8 Å². The lowest BCUT2D eigenvalue weighted by molar-refractivity contribution is -0.148. The molecule has 0 amide bonds. The molecule has 1 aromatic carbocycles. The third-order valence-electron chi connectivity index (χ3n) is 4.05. The molecule has 4 nitrogen and oxygen atoms in total. The Bertz CT molecular complexity index is 463. The summed E-state index contributed by atoms with van der Waals surface area (Å²) in [7, 11) is 0. The van der Waals surface area contributed by atoms with E-state index in [1.54, 1.807) is 0 Å². The summed E-state index contributed by atoms with van der Waals surface area (Å²) in [4.78, 5) is 13.5. The Labute approximate surface area is 127 Å². The van der Waals surface area contributed by atoms with Crippen molar-refractivity contribution < 1.29 is 14.6 Å². The second-order valence-corrected chi connectivity index (χ2v) is 6.18. The number of nitrogens with zero attached hydrogens (tertiary/aromatic N) is 1. The summed E-state index contributed by atoms with van der Waals surface area (Å²) in [5.41, 5.74) is -0.558. The van der Waals surface area contributed by atoms with Gasteiger partial charge in [0.05, 0.1) is 5.41 Å². The van der Waals surface area contributed by atoms with E-state index in [9.17, 15) is 9.90 Å². The molecule has 1 heterocycles. The molecule has 1 aromatic rings. The van der Waals surface area contributed by atoms with Gasteiger partial charge in [0.1, 0.15) is 12.4 Å². The second-order valence-electron chi connectivity index (χ2n) is 5.27. The van der Waals surface area contributed by atoms with Crippen LogP contribution < -0.4 is 4.74 Å². The van der Waals surface area contributed by atoms with Crippen LogP contribution in [-0.2, 0) is 4.79 Å². The highest BCUT2D eigenvalue weighted by atomic mass is 79.9. The van der Waals surface area contributed by atoms with Crippen LogP contribution in [0.5, 0.6) is 5.75 Å². The minimum Gasteiger partial charge on any atom is -0.492 e. The number of carbonyl (C=O) groups is 1. The van der Waals surface area contributed by atoms with E-state index in [1.807, 2.05) is 31.2 Å². The minimum absolute atomic E-state index is 0.558. The van der Waals surface area contributed by atoms with Crippen molar-refractivity contribution in [2.24, 2.45) is 5.41 Å². The summed E-state index contributed by atoms with van der Waals surface area (Å²) in [6.07, 6.45) is 1.42. The summed E-state index contributed by atoms with van der Waals surface area (Å²) in [5, 5.41) is 9.35. The fourth-order valence-electron chi connectivity index (χ4n) is 2.59. The van der Waals surface area contributed by atoms with Crippen LogP contribution in [0.2, 0.25) is 0 Å². The standard InChI is InChI=1S/C15H20BrNO3/c1-2-15(14(18)19)7-8-17(11-15)9-10-20-13-5-3-12(16)4-6-13/h3-6H,2,7-11H2,1H3,(H,18,19). The molecule has 0 aromatic heterocycles. The topological polar surface area (TPSA) is 49.8 Å². The maximum Gasteiger partial charge on any atom is 0.310 e. The Morgan fingerprint density at radius 1 is 1.45 bits per heavy atom. The maximum atomic E-state index is 11.4. The van der Waals surface area contributed by atoms with Crippen LogP contribution in [0, 0.1) is 5.41 Å². The fourth-order valence-corrected chi connectivity index (χ4v) is 2.85. The molecule has 0 aliphatic carbocycles. The Morgan fingerprint density at radius 3 is 2.70 bits per heavy atom. The van der Waals surface area contributed by atoms with E-state index in [2.05, 4.69) is 20.8 Å². The summed E-state index contributed by atoms with van der Waals surface area (Å²) >= 11 is 3.38. The summed E-state index contributed by atoms with van der Waals surface area (Å²) in [5.74, 6) is 0.170. The zero-order valence-electron chi connectivity index (χ0n) is 11.6. The number of halogens is 1. The van der Waals surface area contributed by atoms with Crippen LogP contribution in [0.1, 0.15) is 19.8 Å². The number of likely N-dealkylation sites (tertiary alicyclic amines) is 1. The molecular formula is C15H20BrNO3. The Morgan fingerprint density at radius 2 is 2.15 bits per heavy atom. The van der Waals surface area contributed by atoms with Gasteiger partial charge in [0, 0.05) is 17.6 Å². The van der Waals surface area contributed by atoms with Gasteiger partial charge < -0.3 is 9.84 Å². The van der Waals surface area contributed by atoms with Crippen LogP contribution >= 0.6 is 15.9 Å². The Kier molecular flexibility index (Phi) is 5.05. The summed E-state index contributed by atoms with van der Waals surface area (Å²) < 4.78 is 6.70. The third-order valence-corrected chi connectivity index (χ3v) is 4.58. The van der Waals surface area contributed by atoms with Crippen LogP contribution in [-0.4, -0.2) is 42.2 Å². The minimum atomic E-state index is -0.670. The first kappa shape index (κ1) is 15.3. The third kappa shape index (κ3) is 3.52. The van der Waals surface area contributed by atoms with E-state index in [0.717, 1.165) is 29.7 Å². The van der Waals surface area contributed by atoms with Gasteiger partial charge in [0.15, 0.2) is 0 Å². The van der Waals surface area contributed by atoms with Gasteiger partial charge in [0.2, 0.25) is 0 Å². The van der Waals surface area contributed by atoms with Crippen LogP contribution in [0.4, 0.5) is 0 Å². The largest absolute Gasteiger partial charge is 0.492 e. The lowest BCUT2D eigenvalue weighted by atomic mass is 9.84. The molecule has 1 unspecified atom stereocenters. The van der Waals surface area contributed by atoms with Crippen molar-refractivity contribution in [3.8, 4) is 5.75 Å². The number of benzene rings is 1. The fraction of sp³-hybridized carbons (Fsp3) is 0.533. The van der Waals surface area contributed by atoms with Gasteiger partial charge in [-0.1, -0.05) is 22.9 Å². The number of rotatable bonds is 6. The summed E-state index contributed by atoms with van der Waals surface area (Å²) in [6, 6.07) is 7.72. The zero-order chi connectivity index (χ0) is 14.6. The van der Waals surface area contributed by atoms with Crippen molar-refractivity contribution in [3.05, 3.63) is 28.7 Å². The second kappa shape index (κ2) is 6.59. The molecule has 1 atom stereocenters. The van der Waals surface area contributed by atoms with Crippen LogP contribution in [0.3, 0.4) is 0 Å². The lowest BCUT2D eigenvalue weighted by Crippen LogP contribution is -2.35.